The molecule has 3 nitrogen and oxygen atoms in total. The molecule has 1 aromatic rings. The fourth-order valence-electron chi connectivity index (χ4n) is 0.971. The lowest BCUT2D eigenvalue weighted by atomic mass is 10.2. The molecule has 0 amide bonds. The van der Waals surface area contributed by atoms with Crippen molar-refractivity contribution in [1.29, 1.82) is 0 Å². The fraction of sp³-hybridized carbons (Fsp3) is 0.250. The molecular formula is C8H9ClN2O. The molecule has 0 spiro atoms. The van der Waals surface area contributed by atoms with Crippen molar-refractivity contribution in [2.45, 2.75) is 6.92 Å². The first-order valence-electron chi connectivity index (χ1n) is 3.47. The van der Waals surface area contributed by atoms with E-state index in [0.29, 0.717) is 11.4 Å². The van der Waals surface area contributed by atoms with Gasteiger partial charge >= 0.3 is 0 Å². The van der Waals surface area contributed by atoms with Gasteiger partial charge in [0, 0.05) is 12.6 Å². The van der Waals surface area contributed by atoms with Crippen molar-refractivity contribution in [3.05, 3.63) is 22.5 Å². The highest BCUT2D eigenvalue weighted by atomic mass is 35.5. The molecule has 4 heteroatoms. The van der Waals surface area contributed by atoms with E-state index in [9.17, 15) is 4.79 Å². The van der Waals surface area contributed by atoms with Crippen LogP contribution >= 0.6 is 11.6 Å². The minimum atomic E-state index is 0.547. The Morgan fingerprint density at radius 1 is 1.58 bits per heavy atom. The van der Waals surface area contributed by atoms with E-state index in [-0.39, 0.29) is 0 Å². The lowest BCUT2D eigenvalue weighted by molar-refractivity contribution is -0.104. The number of aromatic nitrogens is 2. The SMILES string of the molecule is Cc1nn(C)c(Cl)c1C=CC=O. The Balaban J connectivity index is 3.13. The summed E-state index contributed by atoms with van der Waals surface area (Å²) in [7, 11) is 1.76. The Labute approximate surface area is 75.6 Å². The minimum absolute atomic E-state index is 0.547. The van der Waals surface area contributed by atoms with E-state index in [0.717, 1.165) is 11.3 Å². The van der Waals surface area contributed by atoms with E-state index in [1.54, 1.807) is 17.8 Å². The number of hydrogen-bond acceptors (Lipinski definition) is 2. The topological polar surface area (TPSA) is 34.9 Å². The van der Waals surface area contributed by atoms with Crippen molar-refractivity contribution in [3.8, 4) is 0 Å². The monoisotopic (exact) mass is 184 g/mol. The van der Waals surface area contributed by atoms with Crippen molar-refractivity contribution >= 4 is 24.0 Å². The van der Waals surface area contributed by atoms with Crippen LogP contribution in [0.2, 0.25) is 5.15 Å². The van der Waals surface area contributed by atoms with E-state index in [2.05, 4.69) is 5.10 Å². The maximum Gasteiger partial charge on any atom is 0.142 e. The number of carbonyl (C=O) groups is 1. The molecule has 0 aromatic carbocycles. The first-order chi connectivity index (χ1) is 5.66. The first-order valence-corrected chi connectivity index (χ1v) is 3.85. The van der Waals surface area contributed by atoms with E-state index in [1.165, 1.54) is 6.08 Å². The number of aryl methyl sites for hydroxylation is 2. The van der Waals surface area contributed by atoms with Crippen molar-refractivity contribution < 1.29 is 4.79 Å². The molecule has 1 aromatic heterocycles. The first kappa shape index (κ1) is 9.00. The molecule has 12 heavy (non-hydrogen) atoms. The molecule has 1 heterocycles. The summed E-state index contributed by atoms with van der Waals surface area (Å²) in [6.45, 7) is 1.84. The van der Waals surface area contributed by atoms with Crippen LogP contribution in [0.3, 0.4) is 0 Å². The third-order valence-corrected chi connectivity index (χ3v) is 1.99. The van der Waals surface area contributed by atoms with Gasteiger partial charge in [0.15, 0.2) is 0 Å². The molecule has 0 fully saturated rings. The maximum absolute atomic E-state index is 10.1. The number of carbonyl (C=O) groups excluding carboxylic acids is 1. The van der Waals surface area contributed by atoms with Gasteiger partial charge in [0.05, 0.1) is 5.69 Å². The molecule has 0 aliphatic carbocycles. The quantitative estimate of drug-likeness (QED) is 0.517. The van der Waals surface area contributed by atoms with Crippen LogP contribution in [-0.2, 0) is 11.8 Å². The molecule has 0 atom stereocenters. The molecule has 0 saturated heterocycles. The average molecular weight is 185 g/mol. The van der Waals surface area contributed by atoms with Gasteiger partial charge in [-0.25, -0.2) is 0 Å². The van der Waals surface area contributed by atoms with Crippen LogP contribution in [-0.4, -0.2) is 16.1 Å². The van der Waals surface area contributed by atoms with Gasteiger partial charge in [-0.3, -0.25) is 9.48 Å². The molecular weight excluding hydrogens is 176 g/mol. The Morgan fingerprint density at radius 2 is 2.25 bits per heavy atom. The predicted molar refractivity (Wildman–Crippen MR) is 48.1 cm³/mol. The van der Waals surface area contributed by atoms with Crippen molar-refractivity contribution in [3.63, 3.8) is 0 Å². The zero-order valence-electron chi connectivity index (χ0n) is 6.91. The normalized spacial score (nSPS) is 10.9. The van der Waals surface area contributed by atoms with E-state index < -0.39 is 0 Å². The largest absolute Gasteiger partial charge is 0.299 e. The molecule has 0 unspecified atom stereocenters. The summed E-state index contributed by atoms with van der Waals surface area (Å²) in [5.74, 6) is 0. The molecule has 0 saturated carbocycles. The minimum Gasteiger partial charge on any atom is -0.299 e. The highest BCUT2D eigenvalue weighted by molar-refractivity contribution is 6.31. The molecule has 1 rings (SSSR count). The summed E-state index contributed by atoms with van der Waals surface area (Å²) in [6.07, 6.45) is 3.76. The molecule has 0 aliphatic heterocycles. The van der Waals surface area contributed by atoms with Crippen LogP contribution in [0.5, 0.6) is 0 Å². The fourth-order valence-corrected chi connectivity index (χ4v) is 1.21. The lowest BCUT2D eigenvalue weighted by Gasteiger charge is -1.89. The second-order valence-electron chi connectivity index (χ2n) is 2.41. The zero-order chi connectivity index (χ0) is 9.14. The van der Waals surface area contributed by atoms with Gasteiger partial charge in [-0.1, -0.05) is 11.6 Å². The van der Waals surface area contributed by atoms with Gasteiger partial charge in [-0.05, 0) is 19.1 Å². The number of nitrogens with zero attached hydrogens (tertiary/aromatic N) is 2. The van der Waals surface area contributed by atoms with E-state index in [1.807, 2.05) is 6.92 Å². The highest BCUT2D eigenvalue weighted by Gasteiger charge is 2.06. The summed E-state index contributed by atoms with van der Waals surface area (Å²) >= 11 is 5.88. The Morgan fingerprint density at radius 3 is 2.67 bits per heavy atom. The maximum atomic E-state index is 10.1. The smallest absolute Gasteiger partial charge is 0.142 e. The zero-order valence-corrected chi connectivity index (χ0v) is 7.67. The summed E-state index contributed by atoms with van der Waals surface area (Å²) in [5.41, 5.74) is 1.62. The highest BCUT2D eigenvalue weighted by Crippen LogP contribution is 2.19. The number of rotatable bonds is 2. The van der Waals surface area contributed by atoms with Crippen molar-refractivity contribution in [1.82, 2.24) is 9.78 Å². The van der Waals surface area contributed by atoms with Gasteiger partial charge in [0.25, 0.3) is 0 Å². The van der Waals surface area contributed by atoms with Crippen LogP contribution in [0, 0.1) is 6.92 Å². The predicted octanol–water partition coefficient (Wildman–Crippen LogP) is 1.59. The molecule has 64 valence electrons. The van der Waals surface area contributed by atoms with E-state index in [4.69, 9.17) is 11.6 Å². The van der Waals surface area contributed by atoms with Gasteiger partial charge in [0.2, 0.25) is 0 Å². The summed E-state index contributed by atoms with van der Waals surface area (Å²) < 4.78 is 1.57. The van der Waals surface area contributed by atoms with Crippen LogP contribution in [0.15, 0.2) is 6.08 Å². The number of halogens is 1. The van der Waals surface area contributed by atoms with Gasteiger partial charge in [0.1, 0.15) is 11.4 Å². The number of hydrogen-bond donors (Lipinski definition) is 0. The summed E-state index contributed by atoms with van der Waals surface area (Å²) in [6, 6.07) is 0. The molecule has 0 radical (unpaired) electrons. The Hall–Kier alpha value is -1.09. The Bertz CT molecular complexity index is 328. The third-order valence-electron chi connectivity index (χ3n) is 1.54. The van der Waals surface area contributed by atoms with Crippen LogP contribution in [0.1, 0.15) is 11.3 Å². The molecule has 0 bridgehead atoms. The van der Waals surface area contributed by atoms with Crippen molar-refractivity contribution in [2.75, 3.05) is 0 Å². The average Bonchev–Trinajstić information content (AvgIpc) is 2.25. The van der Waals surface area contributed by atoms with Crippen LogP contribution in [0.4, 0.5) is 0 Å². The standard InChI is InChI=1S/C8H9ClN2O/c1-6-7(4-3-5-12)8(9)11(2)10-6/h3-5H,1-2H3. The number of allylic oxidation sites excluding steroid dienone is 1. The lowest BCUT2D eigenvalue weighted by Crippen LogP contribution is -1.88. The van der Waals surface area contributed by atoms with Gasteiger partial charge in [-0.15, -0.1) is 0 Å². The van der Waals surface area contributed by atoms with E-state index >= 15 is 0 Å². The van der Waals surface area contributed by atoms with Crippen molar-refractivity contribution in [2.24, 2.45) is 7.05 Å². The summed E-state index contributed by atoms with van der Waals surface area (Å²) in [5, 5.41) is 4.63. The van der Waals surface area contributed by atoms with Crippen LogP contribution in [0.25, 0.3) is 6.08 Å². The third kappa shape index (κ3) is 1.56. The van der Waals surface area contributed by atoms with Crippen LogP contribution < -0.4 is 0 Å². The van der Waals surface area contributed by atoms with Gasteiger partial charge in [-0.2, -0.15) is 5.10 Å². The number of aldehydes is 1. The second-order valence-corrected chi connectivity index (χ2v) is 2.77. The van der Waals surface area contributed by atoms with Gasteiger partial charge < -0.3 is 0 Å². The molecule has 0 aliphatic rings. The Kier molecular flexibility index (Phi) is 2.65. The second kappa shape index (κ2) is 3.54. The summed E-state index contributed by atoms with van der Waals surface area (Å²) in [4.78, 5) is 10.1. The molecule has 0 N–H and O–H groups in total.